The number of benzene rings is 1. The Bertz CT molecular complexity index is 697. The summed E-state index contributed by atoms with van der Waals surface area (Å²) in [6.45, 7) is 2.50. The van der Waals surface area contributed by atoms with E-state index in [1.807, 2.05) is 30.3 Å². The van der Waals surface area contributed by atoms with Crippen LogP contribution in [0.2, 0.25) is 0 Å². The second-order valence-corrected chi connectivity index (χ2v) is 8.20. The Balaban J connectivity index is 1.77. The number of carbonyl (C=O) groups is 2. The summed E-state index contributed by atoms with van der Waals surface area (Å²) in [4.78, 5) is 24.2. The topological polar surface area (TPSA) is 92.8 Å². The number of sulfonamides is 1. The van der Waals surface area contributed by atoms with E-state index >= 15 is 0 Å². The maximum absolute atomic E-state index is 12.2. The SMILES string of the molecule is CC(OC(=O)C1CCN(S(C)(=O)=O)CC1)C(=O)NCc1ccccc1. The minimum absolute atomic E-state index is 0.299. The molecule has 0 bridgehead atoms. The number of piperidine rings is 1. The van der Waals surface area contributed by atoms with Gasteiger partial charge < -0.3 is 10.1 Å². The Labute approximate surface area is 148 Å². The van der Waals surface area contributed by atoms with Gasteiger partial charge in [0.2, 0.25) is 10.0 Å². The van der Waals surface area contributed by atoms with Gasteiger partial charge in [0.25, 0.3) is 5.91 Å². The Kier molecular flexibility index (Phi) is 6.55. The third-order valence-corrected chi connectivity index (χ3v) is 5.53. The van der Waals surface area contributed by atoms with Crippen LogP contribution in [0.4, 0.5) is 0 Å². The van der Waals surface area contributed by atoms with E-state index in [9.17, 15) is 18.0 Å². The Morgan fingerprint density at radius 1 is 1.24 bits per heavy atom. The number of ether oxygens (including phenoxy) is 1. The normalized spacial score (nSPS) is 17.7. The van der Waals surface area contributed by atoms with Crippen molar-refractivity contribution < 1.29 is 22.7 Å². The van der Waals surface area contributed by atoms with E-state index in [4.69, 9.17) is 4.74 Å². The lowest BCUT2D eigenvalue weighted by Gasteiger charge is -2.29. The summed E-state index contributed by atoms with van der Waals surface area (Å²) in [5.41, 5.74) is 0.961. The predicted octanol–water partition coefficient (Wildman–Crippen LogP) is 0.906. The largest absolute Gasteiger partial charge is 0.452 e. The molecule has 8 heteroatoms. The van der Waals surface area contributed by atoms with Crippen LogP contribution in [0.3, 0.4) is 0 Å². The van der Waals surface area contributed by atoms with Gasteiger partial charge in [-0.15, -0.1) is 0 Å². The van der Waals surface area contributed by atoms with Crippen molar-refractivity contribution in [1.29, 1.82) is 0 Å². The number of nitrogens with one attached hydrogen (secondary N) is 1. The van der Waals surface area contributed by atoms with E-state index in [0.29, 0.717) is 32.5 Å². The summed E-state index contributed by atoms with van der Waals surface area (Å²) in [5.74, 6) is -1.18. The molecule has 7 nitrogen and oxygen atoms in total. The lowest BCUT2D eigenvalue weighted by Crippen LogP contribution is -2.42. The summed E-state index contributed by atoms with van der Waals surface area (Å²) in [6.07, 6.45) is 1.09. The number of rotatable bonds is 6. The predicted molar refractivity (Wildman–Crippen MR) is 93.0 cm³/mol. The molecule has 1 atom stereocenters. The first-order valence-corrected chi connectivity index (χ1v) is 10.1. The molecule has 1 aromatic carbocycles. The van der Waals surface area contributed by atoms with E-state index in [1.165, 1.54) is 11.2 Å². The number of amides is 1. The van der Waals surface area contributed by atoms with Crippen LogP contribution < -0.4 is 5.32 Å². The lowest BCUT2D eigenvalue weighted by molar-refractivity contribution is -0.159. The molecule has 1 saturated heterocycles. The maximum Gasteiger partial charge on any atom is 0.309 e. The third kappa shape index (κ3) is 5.82. The van der Waals surface area contributed by atoms with Gasteiger partial charge in [0.1, 0.15) is 0 Å². The second-order valence-electron chi connectivity index (χ2n) is 6.22. The highest BCUT2D eigenvalue weighted by Gasteiger charge is 2.31. The number of esters is 1. The fourth-order valence-corrected chi connectivity index (χ4v) is 3.55. The van der Waals surface area contributed by atoms with Crippen molar-refractivity contribution in [3.63, 3.8) is 0 Å². The van der Waals surface area contributed by atoms with E-state index in [-0.39, 0.29) is 11.8 Å². The molecular weight excluding hydrogens is 344 g/mol. The fourth-order valence-electron chi connectivity index (χ4n) is 2.68. The summed E-state index contributed by atoms with van der Waals surface area (Å²) in [5, 5.41) is 2.73. The smallest absolute Gasteiger partial charge is 0.309 e. The molecule has 1 amide bonds. The van der Waals surface area contributed by atoms with E-state index in [2.05, 4.69) is 5.32 Å². The van der Waals surface area contributed by atoms with Gasteiger partial charge >= 0.3 is 5.97 Å². The molecule has 0 aromatic heterocycles. The van der Waals surface area contributed by atoms with Crippen LogP contribution in [-0.4, -0.2) is 50.0 Å². The van der Waals surface area contributed by atoms with Gasteiger partial charge in [0.05, 0.1) is 12.2 Å². The van der Waals surface area contributed by atoms with E-state index in [0.717, 1.165) is 11.8 Å². The highest BCUT2D eigenvalue weighted by Crippen LogP contribution is 2.21. The van der Waals surface area contributed by atoms with Crippen LogP contribution in [0.25, 0.3) is 0 Å². The molecule has 1 heterocycles. The molecule has 1 aromatic rings. The van der Waals surface area contributed by atoms with Crippen LogP contribution in [0.15, 0.2) is 30.3 Å². The third-order valence-electron chi connectivity index (χ3n) is 4.23. The quantitative estimate of drug-likeness (QED) is 0.754. The second kappa shape index (κ2) is 8.44. The Morgan fingerprint density at radius 2 is 1.84 bits per heavy atom. The van der Waals surface area contributed by atoms with E-state index < -0.39 is 22.1 Å². The zero-order valence-electron chi connectivity index (χ0n) is 14.5. The molecule has 0 spiro atoms. The first kappa shape index (κ1) is 19.4. The molecule has 1 aliphatic rings. The van der Waals surface area contributed by atoms with Gasteiger partial charge in [0, 0.05) is 19.6 Å². The van der Waals surface area contributed by atoms with Crippen LogP contribution in [0.5, 0.6) is 0 Å². The standard InChI is InChI=1S/C17H24N2O5S/c1-13(16(20)18-12-14-6-4-3-5-7-14)24-17(21)15-8-10-19(11-9-15)25(2,22)23/h3-7,13,15H,8-12H2,1-2H3,(H,18,20). The van der Waals surface area contributed by atoms with Crippen molar-refractivity contribution in [2.24, 2.45) is 5.92 Å². The highest BCUT2D eigenvalue weighted by molar-refractivity contribution is 7.88. The van der Waals surface area contributed by atoms with Gasteiger partial charge in [-0.3, -0.25) is 9.59 Å². The molecule has 1 unspecified atom stereocenters. The monoisotopic (exact) mass is 368 g/mol. The van der Waals surface area contributed by atoms with Crippen molar-refractivity contribution >= 4 is 21.9 Å². The lowest BCUT2D eigenvalue weighted by atomic mass is 9.98. The van der Waals surface area contributed by atoms with Gasteiger partial charge in [-0.25, -0.2) is 12.7 Å². The number of carbonyl (C=O) groups excluding carboxylic acids is 2. The summed E-state index contributed by atoms with van der Waals surface area (Å²) in [6, 6.07) is 9.45. The molecule has 1 N–H and O–H groups in total. The molecule has 0 radical (unpaired) electrons. The van der Waals surface area contributed by atoms with Crippen molar-refractivity contribution in [3.8, 4) is 0 Å². The molecule has 2 rings (SSSR count). The molecule has 138 valence electrons. The van der Waals surface area contributed by atoms with Gasteiger partial charge in [-0.05, 0) is 25.3 Å². The van der Waals surface area contributed by atoms with Crippen LogP contribution in [0, 0.1) is 5.92 Å². The van der Waals surface area contributed by atoms with E-state index in [1.54, 1.807) is 0 Å². The molecule has 0 aliphatic carbocycles. The van der Waals surface area contributed by atoms with Gasteiger partial charge in [0.15, 0.2) is 6.10 Å². The first-order chi connectivity index (χ1) is 11.8. The zero-order valence-corrected chi connectivity index (χ0v) is 15.3. The van der Waals surface area contributed by atoms with Crippen molar-refractivity contribution in [2.45, 2.75) is 32.4 Å². The number of hydrogen-bond donors (Lipinski definition) is 1. The Hall–Kier alpha value is -1.93. The summed E-state index contributed by atoms with van der Waals surface area (Å²) < 4.78 is 29.5. The fraction of sp³-hybridized carbons (Fsp3) is 0.529. The molecule has 25 heavy (non-hydrogen) atoms. The molecular formula is C17H24N2O5S. The average molecular weight is 368 g/mol. The summed E-state index contributed by atoms with van der Waals surface area (Å²) >= 11 is 0. The van der Waals surface area contributed by atoms with Crippen LogP contribution >= 0.6 is 0 Å². The molecule has 1 fully saturated rings. The van der Waals surface area contributed by atoms with Gasteiger partial charge in [-0.2, -0.15) is 0 Å². The summed E-state index contributed by atoms with van der Waals surface area (Å²) in [7, 11) is -3.23. The molecule has 1 aliphatic heterocycles. The minimum Gasteiger partial charge on any atom is -0.452 e. The minimum atomic E-state index is -3.23. The zero-order chi connectivity index (χ0) is 18.4. The van der Waals surface area contributed by atoms with Crippen LogP contribution in [0.1, 0.15) is 25.3 Å². The van der Waals surface area contributed by atoms with Crippen LogP contribution in [-0.2, 0) is 30.9 Å². The Morgan fingerprint density at radius 3 is 2.40 bits per heavy atom. The number of hydrogen-bond acceptors (Lipinski definition) is 5. The highest BCUT2D eigenvalue weighted by atomic mass is 32.2. The van der Waals surface area contributed by atoms with Crippen molar-refractivity contribution in [1.82, 2.24) is 9.62 Å². The van der Waals surface area contributed by atoms with Gasteiger partial charge in [-0.1, -0.05) is 30.3 Å². The maximum atomic E-state index is 12.2. The van der Waals surface area contributed by atoms with Crippen molar-refractivity contribution in [2.75, 3.05) is 19.3 Å². The molecule has 0 saturated carbocycles. The number of nitrogens with zero attached hydrogens (tertiary/aromatic N) is 1. The van der Waals surface area contributed by atoms with Crippen molar-refractivity contribution in [3.05, 3.63) is 35.9 Å². The average Bonchev–Trinajstić information content (AvgIpc) is 2.59. The first-order valence-electron chi connectivity index (χ1n) is 8.24.